The van der Waals surface area contributed by atoms with Crippen LogP contribution >= 0.6 is 0 Å². The molecule has 0 radical (unpaired) electrons. The summed E-state index contributed by atoms with van der Waals surface area (Å²) in [7, 11) is 0. The minimum atomic E-state index is -0.0668. The number of anilines is 2. The van der Waals surface area contributed by atoms with Crippen LogP contribution < -0.4 is 15.8 Å². The average Bonchev–Trinajstić information content (AvgIpc) is 3.42. The van der Waals surface area contributed by atoms with Gasteiger partial charge in [0.05, 0.1) is 6.26 Å². The highest BCUT2D eigenvalue weighted by atomic mass is 16.3. The molecule has 1 aliphatic heterocycles. The standard InChI is InChI=1S/C27H28N4O3/c1-2-19-5-10-24-20(16-19)17-21(26(32)29-24)18-28-22-6-8-23(9-7-22)30-11-13-31(14-12-30)27(33)25-4-3-15-34-25/h3-10,15-17,28H,2,11-14,18H2,1H3,(H,29,32). The van der Waals surface area contributed by atoms with Crippen molar-refractivity contribution in [3.05, 3.63) is 94.2 Å². The summed E-state index contributed by atoms with van der Waals surface area (Å²) in [6, 6.07) is 19.8. The Labute approximate surface area is 198 Å². The van der Waals surface area contributed by atoms with Crippen LogP contribution in [0.2, 0.25) is 0 Å². The number of piperazine rings is 1. The van der Waals surface area contributed by atoms with Crippen molar-refractivity contribution in [3.63, 3.8) is 0 Å². The molecule has 0 aliphatic carbocycles. The normalized spacial score (nSPS) is 13.9. The van der Waals surface area contributed by atoms with E-state index < -0.39 is 0 Å². The van der Waals surface area contributed by atoms with E-state index in [2.05, 4.69) is 46.4 Å². The van der Waals surface area contributed by atoms with Gasteiger partial charge in [0.1, 0.15) is 0 Å². The number of hydrogen-bond acceptors (Lipinski definition) is 5. The topological polar surface area (TPSA) is 81.6 Å². The molecule has 2 aromatic heterocycles. The van der Waals surface area contributed by atoms with E-state index in [-0.39, 0.29) is 11.5 Å². The Hall–Kier alpha value is -4.00. The number of nitrogens with zero attached hydrogens (tertiary/aromatic N) is 2. The first kappa shape index (κ1) is 21.8. The van der Waals surface area contributed by atoms with E-state index in [9.17, 15) is 9.59 Å². The van der Waals surface area contributed by atoms with Crippen LogP contribution in [0.4, 0.5) is 11.4 Å². The van der Waals surface area contributed by atoms with Crippen LogP contribution in [0.3, 0.4) is 0 Å². The Kier molecular flexibility index (Phi) is 6.08. The summed E-state index contributed by atoms with van der Waals surface area (Å²) in [4.78, 5) is 32.0. The van der Waals surface area contributed by atoms with Crippen LogP contribution in [0, 0.1) is 0 Å². The predicted octanol–water partition coefficient (Wildman–Crippen LogP) is 4.26. The summed E-state index contributed by atoms with van der Waals surface area (Å²) in [5.41, 5.74) is 4.83. The second-order valence-corrected chi connectivity index (χ2v) is 8.56. The molecule has 0 bridgehead atoms. The van der Waals surface area contributed by atoms with Gasteiger partial charge in [-0.3, -0.25) is 9.59 Å². The number of fused-ring (bicyclic) bond motifs is 1. The number of furan rings is 1. The fraction of sp³-hybridized carbons (Fsp3) is 0.259. The number of pyridine rings is 1. The van der Waals surface area contributed by atoms with Crippen LogP contribution in [0.1, 0.15) is 28.6 Å². The molecular weight excluding hydrogens is 428 g/mol. The molecule has 2 N–H and O–H groups in total. The average molecular weight is 457 g/mol. The van der Waals surface area contributed by atoms with Gasteiger partial charge in [0.15, 0.2) is 5.76 Å². The number of nitrogens with one attached hydrogen (secondary N) is 2. The van der Waals surface area contributed by atoms with Crippen molar-refractivity contribution in [3.8, 4) is 0 Å². The number of H-pyrrole nitrogens is 1. The fourth-order valence-corrected chi connectivity index (χ4v) is 4.36. The fourth-order valence-electron chi connectivity index (χ4n) is 4.36. The molecule has 5 rings (SSSR count). The van der Waals surface area contributed by atoms with E-state index >= 15 is 0 Å². The highest BCUT2D eigenvalue weighted by Gasteiger charge is 2.23. The van der Waals surface area contributed by atoms with Gasteiger partial charge in [-0.2, -0.15) is 0 Å². The summed E-state index contributed by atoms with van der Waals surface area (Å²) in [6.07, 6.45) is 2.49. The van der Waals surface area contributed by atoms with Crippen molar-refractivity contribution in [2.75, 3.05) is 36.4 Å². The lowest BCUT2D eigenvalue weighted by Crippen LogP contribution is -2.48. The van der Waals surface area contributed by atoms with E-state index in [4.69, 9.17) is 4.42 Å². The number of benzene rings is 2. The summed E-state index contributed by atoms with van der Waals surface area (Å²) in [6.45, 7) is 5.43. The molecule has 0 atom stereocenters. The predicted molar refractivity (Wildman–Crippen MR) is 135 cm³/mol. The lowest BCUT2D eigenvalue weighted by Gasteiger charge is -2.35. The third-order valence-electron chi connectivity index (χ3n) is 6.41. The van der Waals surface area contributed by atoms with Gasteiger partial charge in [0.2, 0.25) is 0 Å². The van der Waals surface area contributed by atoms with Crippen molar-refractivity contribution in [1.82, 2.24) is 9.88 Å². The first-order chi connectivity index (χ1) is 16.6. The van der Waals surface area contributed by atoms with Gasteiger partial charge in [-0.25, -0.2) is 0 Å². The lowest BCUT2D eigenvalue weighted by atomic mass is 10.1. The van der Waals surface area contributed by atoms with Gasteiger partial charge in [0, 0.05) is 55.2 Å². The van der Waals surface area contributed by atoms with Gasteiger partial charge in [-0.05, 0) is 72.0 Å². The zero-order chi connectivity index (χ0) is 23.5. The molecular formula is C27H28N4O3. The number of carbonyl (C=O) groups excluding carboxylic acids is 1. The smallest absolute Gasteiger partial charge is 0.289 e. The summed E-state index contributed by atoms with van der Waals surface area (Å²) < 4.78 is 5.23. The Balaban J connectivity index is 1.19. The highest BCUT2D eigenvalue weighted by molar-refractivity contribution is 5.91. The number of aromatic nitrogens is 1. The zero-order valence-corrected chi connectivity index (χ0v) is 19.2. The maximum atomic E-state index is 12.5. The summed E-state index contributed by atoms with van der Waals surface area (Å²) in [5, 5.41) is 4.41. The number of amides is 1. The Morgan fingerprint density at radius 3 is 2.53 bits per heavy atom. The first-order valence-corrected chi connectivity index (χ1v) is 11.7. The molecule has 1 saturated heterocycles. The number of aryl methyl sites for hydroxylation is 1. The van der Waals surface area contributed by atoms with Gasteiger partial charge < -0.3 is 24.5 Å². The molecule has 1 amide bonds. The second-order valence-electron chi connectivity index (χ2n) is 8.56. The third-order valence-corrected chi connectivity index (χ3v) is 6.41. The molecule has 34 heavy (non-hydrogen) atoms. The van der Waals surface area contributed by atoms with E-state index in [0.29, 0.717) is 31.0 Å². The van der Waals surface area contributed by atoms with Gasteiger partial charge in [-0.1, -0.05) is 13.0 Å². The van der Waals surface area contributed by atoms with Crippen LogP contribution in [0.5, 0.6) is 0 Å². The molecule has 7 nitrogen and oxygen atoms in total. The number of carbonyl (C=O) groups is 1. The summed E-state index contributed by atoms with van der Waals surface area (Å²) in [5.74, 6) is 0.332. The van der Waals surface area contributed by atoms with Crippen molar-refractivity contribution in [2.24, 2.45) is 0 Å². The molecule has 4 aromatic rings. The molecule has 7 heteroatoms. The van der Waals surface area contributed by atoms with Crippen molar-refractivity contribution in [1.29, 1.82) is 0 Å². The minimum absolute atomic E-state index is 0.0567. The van der Waals surface area contributed by atoms with Crippen molar-refractivity contribution in [2.45, 2.75) is 19.9 Å². The van der Waals surface area contributed by atoms with Crippen molar-refractivity contribution >= 4 is 28.2 Å². The monoisotopic (exact) mass is 456 g/mol. The Morgan fingerprint density at radius 1 is 1.03 bits per heavy atom. The van der Waals surface area contributed by atoms with E-state index in [1.54, 1.807) is 12.1 Å². The largest absolute Gasteiger partial charge is 0.459 e. The first-order valence-electron chi connectivity index (χ1n) is 11.7. The second kappa shape index (κ2) is 9.47. The number of aromatic amines is 1. The molecule has 2 aromatic carbocycles. The zero-order valence-electron chi connectivity index (χ0n) is 19.2. The Morgan fingerprint density at radius 2 is 1.82 bits per heavy atom. The maximum absolute atomic E-state index is 12.5. The number of rotatable bonds is 6. The van der Waals surface area contributed by atoms with E-state index in [1.165, 1.54) is 11.8 Å². The van der Waals surface area contributed by atoms with Gasteiger partial charge in [-0.15, -0.1) is 0 Å². The van der Waals surface area contributed by atoms with Gasteiger partial charge >= 0.3 is 0 Å². The molecule has 174 valence electrons. The molecule has 1 aliphatic rings. The SMILES string of the molecule is CCc1ccc2[nH]c(=O)c(CNc3ccc(N4CCN(C(=O)c5ccco5)CC4)cc3)cc2c1. The van der Waals surface area contributed by atoms with Crippen LogP contribution in [0.25, 0.3) is 10.9 Å². The van der Waals surface area contributed by atoms with E-state index in [1.807, 2.05) is 29.2 Å². The highest BCUT2D eigenvalue weighted by Crippen LogP contribution is 2.21. The molecule has 3 heterocycles. The molecule has 0 saturated carbocycles. The lowest BCUT2D eigenvalue weighted by molar-refractivity contribution is 0.0714. The quantitative estimate of drug-likeness (QED) is 0.453. The van der Waals surface area contributed by atoms with Crippen LogP contribution in [-0.4, -0.2) is 42.0 Å². The number of hydrogen-bond donors (Lipinski definition) is 2. The molecule has 0 spiro atoms. The summed E-state index contributed by atoms with van der Waals surface area (Å²) >= 11 is 0. The molecule has 0 unspecified atom stereocenters. The Bertz CT molecular complexity index is 1330. The maximum Gasteiger partial charge on any atom is 0.289 e. The molecule has 1 fully saturated rings. The van der Waals surface area contributed by atoms with Gasteiger partial charge in [0.25, 0.3) is 11.5 Å². The van der Waals surface area contributed by atoms with Crippen LogP contribution in [-0.2, 0) is 13.0 Å². The van der Waals surface area contributed by atoms with E-state index in [0.717, 1.165) is 41.8 Å². The third kappa shape index (κ3) is 4.55. The van der Waals surface area contributed by atoms with Crippen molar-refractivity contribution < 1.29 is 9.21 Å². The van der Waals surface area contributed by atoms with Crippen LogP contribution in [0.15, 0.2) is 76.1 Å². The minimum Gasteiger partial charge on any atom is -0.459 e.